The summed E-state index contributed by atoms with van der Waals surface area (Å²) >= 11 is 0. The maximum absolute atomic E-state index is 4.42. The van der Waals surface area contributed by atoms with Crippen LogP contribution in [0.4, 0.5) is 0 Å². The molecule has 0 aliphatic heterocycles. The van der Waals surface area contributed by atoms with E-state index in [1.807, 2.05) is 21.8 Å². The van der Waals surface area contributed by atoms with Gasteiger partial charge < -0.3 is 5.32 Å². The Morgan fingerprint density at radius 1 is 1.16 bits per heavy atom. The first-order valence-electron chi connectivity index (χ1n) is 7.00. The normalized spacial score (nSPS) is 12.8. The van der Waals surface area contributed by atoms with Crippen molar-refractivity contribution < 1.29 is 0 Å². The summed E-state index contributed by atoms with van der Waals surface area (Å²) < 4.78 is 3.90. The van der Waals surface area contributed by atoms with Crippen molar-refractivity contribution in [1.29, 1.82) is 0 Å². The molecule has 0 bridgehead atoms. The predicted molar refractivity (Wildman–Crippen MR) is 75.9 cm³/mol. The Morgan fingerprint density at radius 2 is 1.95 bits per heavy atom. The van der Waals surface area contributed by atoms with Crippen LogP contribution in [-0.2, 0) is 13.1 Å². The van der Waals surface area contributed by atoms with E-state index in [0.717, 1.165) is 26.1 Å². The molecule has 2 aromatic rings. The summed E-state index contributed by atoms with van der Waals surface area (Å²) in [6, 6.07) is 0.354. The molecule has 2 heterocycles. The van der Waals surface area contributed by atoms with Crippen molar-refractivity contribution in [3.05, 3.63) is 35.9 Å². The largest absolute Gasteiger partial charge is 0.310 e. The van der Waals surface area contributed by atoms with Crippen molar-refractivity contribution in [3.8, 4) is 0 Å². The highest BCUT2D eigenvalue weighted by Crippen LogP contribution is 2.11. The highest BCUT2D eigenvalue weighted by Gasteiger charge is 2.07. The molecular formula is C14H23N5. The SMILES string of the molecule is CCCNC(C)c1cnn(Cc2cnn(CC)c2)c1. The van der Waals surface area contributed by atoms with Crippen molar-refractivity contribution in [2.75, 3.05) is 6.54 Å². The van der Waals surface area contributed by atoms with Crippen LogP contribution in [0.15, 0.2) is 24.8 Å². The van der Waals surface area contributed by atoms with E-state index in [1.165, 1.54) is 11.1 Å². The van der Waals surface area contributed by atoms with Gasteiger partial charge in [0.15, 0.2) is 0 Å². The standard InChI is InChI=1S/C14H23N5/c1-4-6-15-12(3)14-8-17-19(11-14)10-13-7-16-18(5-2)9-13/h7-9,11-12,15H,4-6,10H2,1-3H3. The van der Waals surface area contributed by atoms with Crippen molar-refractivity contribution >= 4 is 0 Å². The van der Waals surface area contributed by atoms with Crippen molar-refractivity contribution in [2.24, 2.45) is 0 Å². The van der Waals surface area contributed by atoms with Crippen molar-refractivity contribution in [1.82, 2.24) is 24.9 Å². The fourth-order valence-electron chi connectivity index (χ4n) is 2.02. The first-order valence-corrected chi connectivity index (χ1v) is 7.00. The molecule has 0 aliphatic carbocycles. The van der Waals surface area contributed by atoms with Crippen LogP contribution in [0.5, 0.6) is 0 Å². The molecule has 1 atom stereocenters. The van der Waals surface area contributed by atoms with E-state index in [2.05, 4.69) is 48.7 Å². The number of nitrogens with zero attached hydrogens (tertiary/aromatic N) is 4. The predicted octanol–water partition coefficient (Wildman–Crippen LogP) is 2.21. The molecule has 0 amide bonds. The van der Waals surface area contributed by atoms with Crippen LogP contribution in [0, 0.1) is 0 Å². The highest BCUT2D eigenvalue weighted by molar-refractivity contribution is 5.11. The van der Waals surface area contributed by atoms with E-state index in [1.54, 1.807) is 0 Å². The second-order valence-electron chi connectivity index (χ2n) is 4.85. The maximum atomic E-state index is 4.42. The van der Waals surface area contributed by atoms with E-state index in [0.29, 0.717) is 6.04 Å². The third kappa shape index (κ3) is 3.67. The molecule has 2 rings (SSSR count). The minimum Gasteiger partial charge on any atom is -0.310 e. The van der Waals surface area contributed by atoms with Crippen LogP contribution in [0.25, 0.3) is 0 Å². The molecule has 1 N–H and O–H groups in total. The lowest BCUT2D eigenvalue weighted by molar-refractivity contribution is 0.569. The van der Waals surface area contributed by atoms with Crippen LogP contribution < -0.4 is 5.32 Å². The molecular weight excluding hydrogens is 238 g/mol. The maximum Gasteiger partial charge on any atom is 0.0690 e. The fraction of sp³-hybridized carbons (Fsp3) is 0.571. The number of aromatic nitrogens is 4. The van der Waals surface area contributed by atoms with Gasteiger partial charge in [0.25, 0.3) is 0 Å². The molecule has 104 valence electrons. The lowest BCUT2D eigenvalue weighted by Crippen LogP contribution is -2.18. The smallest absolute Gasteiger partial charge is 0.0690 e. The molecule has 1 unspecified atom stereocenters. The Hall–Kier alpha value is -1.62. The Morgan fingerprint density at radius 3 is 2.63 bits per heavy atom. The second-order valence-corrected chi connectivity index (χ2v) is 4.85. The molecule has 0 saturated carbocycles. The third-order valence-electron chi connectivity index (χ3n) is 3.21. The Bertz CT molecular complexity index is 499. The summed E-state index contributed by atoms with van der Waals surface area (Å²) in [5.41, 5.74) is 2.42. The molecule has 0 radical (unpaired) electrons. The first-order chi connectivity index (χ1) is 9.22. The summed E-state index contributed by atoms with van der Waals surface area (Å²) in [4.78, 5) is 0. The lowest BCUT2D eigenvalue weighted by Gasteiger charge is -2.10. The molecule has 0 fully saturated rings. The Balaban J connectivity index is 1.96. The zero-order chi connectivity index (χ0) is 13.7. The topological polar surface area (TPSA) is 47.7 Å². The molecule has 19 heavy (non-hydrogen) atoms. The summed E-state index contributed by atoms with van der Waals surface area (Å²) in [5.74, 6) is 0. The van der Waals surface area contributed by atoms with E-state index < -0.39 is 0 Å². The Labute approximate surface area is 114 Å². The van der Waals surface area contributed by atoms with Gasteiger partial charge in [0.2, 0.25) is 0 Å². The summed E-state index contributed by atoms with van der Waals surface area (Å²) in [5, 5.41) is 12.2. The molecule has 5 nitrogen and oxygen atoms in total. The van der Waals surface area contributed by atoms with Crippen LogP contribution in [0.2, 0.25) is 0 Å². The van der Waals surface area contributed by atoms with Gasteiger partial charge in [-0.3, -0.25) is 9.36 Å². The lowest BCUT2D eigenvalue weighted by atomic mass is 10.2. The number of hydrogen-bond donors (Lipinski definition) is 1. The van der Waals surface area contributed by atoms with E-state index >= 15 is 0 Å². The summed E-state index contributed by atoms with van der Waals surface area (Å²) in [6.07, 6.45) is 9.17. The van der Waals surface area contributed by atoms with Crippen LogP contribution in [-0.4, -0.2) is 26.1 Å². The average Bonchev–Trinajstić information content (AvgIpc) is 3.05. The highest BCUT2D eigenvalue weighted by atomic mass is 15.3. The Kier molecular flexibility index (Phi) is 4.74. The average molecular weight is 261 g/mol. The van der Waals surface area contributed by atoms with E-state index in [4.69, 9.17) is 0 Å². The van der Waals surface area contributed by atoms with Gasteiger partial charge in [-0.05, 0) is 26.8 Å². The van der Waals surface area contributed by atoms with Gasteiger partial charge in [-0.15, -0.1) is 0 Å². The molecule has 0 aliphatic rings. The summed E-state index contributed by atoms with van der Waals surface area (Å²) in [6.45, 7) is 9.16. The number of rotatable bonds is 7. The number of hydrogen-bond acceptors (Lipinski definition) is 3. The van der Waals surface area contributed by atoms with Gasteiger partial charge in [0.05, 0.1) is 18.9 Å². The zero-order valence-electron chi connectivity index (χ0n) is 12.0. The van der Waals surface area contributed by atoms with Gasteiger partial charge in [-0.1, -0.05) is 6.92 Å². The number of nitrogens with one attached hydrogen (secondary N) is 1. The molecule has 0 spiro atoms. The number of aryl methyl sites for hydroxylation is 1. The molecule has 0 aromatic carbocycles. The zero-order valence-corrected chi connectivity index (χ0v) is 12.0. The molecule has 0 saturated heterocycles. The third-order valence-corrected chi connectivity index (χ3v) is 3.21. The van der Waals surface area contributed by atoms with Crippen LogP contribution >= 0.6 is 0 Å². The van der Waals surface area contributed by atoms with Gasteiger partial charge in [-0.25, -0.2) is 0 Å². The minimum absolute atomic E-state index is 0.354. The van der Waals surface area contributed by atoms with Crippen molar-refractivity contribution in [2.45, 2.75) is 46.3 Å². The first kappa shape index (κ1) is 13.8. The summed E-state index contributed by atoms with van der Waals surface area (Å²) in [7, 11) is 0. The second kappa shape index (κ2) is 6.52. The van der Waals surface area contributed by atoms with Gasteiger partial charge in [0, 0.05) is 36.1 Å². The van der Waals surface area contributed by atoms with Crippen LogP contribution in [0.3, 0.4) is 0 Å². The minimum atomic E-state index is 0.354. The van der Waals surface area contributed by atoms with Gasteiger partial charge in [-0.2, -0.15) is 10.2 Å². The van der Waals surface area contributed by atoms with Gasteiger partial charge >= 0.3 is 0 Å². The molecule has 2 aromatic heterocycles. The molecule has 5 heteroatoms. The van der Waals surface area contributed by atoms with E-state index in [-0.39, 0.29) is 0 Å². The van der Waals surface area contributed by atoms with Gasteiger partial charge in [0.1, 0.15) is 0 Å². The monoisotopic (exact) mass is 261 g/mol. The fourth-order valence-corrected chi connectivity index (χ4v) is 2.02. The van der Waals surface area contributed by atoms with Crippen LogP contribution in [0.1, 0.15) is 44.4 Å². The quantitative estimate of drug-likeness (QED) is 0.831. The van der Waals surface area contributed by atoms with E-state index in [9.17, 15) is 0 Å². The van der Waals surface area contributed by atoms with Crippen molar-refractivity contribution in [3.63, 3.8) is 0 Å².